The van der Waals surface area contributed by atoms with Crippen molar-refractivity contribution in [1.82, 2.24) is 9.97 Å². The van der Waals surface area contributed by atoms with Gasteiger partial charge in [0, 0.05) is 5.02 Å². The van der Waals surface area contributed by atoms with Crippen LogP contribution < -0.4 is 0 Å². The molecule has 0 aliphatic rings. The van der Waals surface area contributed by atoms with Crippen molar-refractivity contribution in [2.45, 2.75) is 33.0 Å². The molecule has 2 aromatic rings. The molecule has 4 heteroatoms. The highest BCUT2D eigenvalue weighted by Crippen LogP contribution is 2.18. The maximum Gasteiger partial charge on any atom is 0.133 e. The van der Waals surface area contributed by atoms with Gasteiger partial charge in [-0.05, 0) is 39.0 Å². The van der Waals surface area contributed by atoms with Gasteiger partial charge < -0.3 is 9.72 Å². The standard InChI is InChI=1S/C12H15ClN2O/c1-12(2,3)16-7-11-14-9-5-4-8(13)6-10(9)15-11/h4-6H,7H2,1-3H3,(H,14,15). The Labute approximate surface area is 99.8 Å². The Kier molecular flexibility index (Phi) is 2.91. The number of imidazole rings is 1. The van der Waals surface area contributed by atoms with E-state index in [-0.39, 0.29) is 5.60 Å². The van der Waals surface area contributed by atoms with Gasteiger partial charge in [0.05, 0.1) is 16.6 Å². The quantitative estimate of drug-likeness (QED) is 0.869. The third kappa shape index (κ3) is 2.74. The first-order valence-electron chi connectivity index (χ1n) is 5.22. The minimum absolute atomic E-state index is 0.156. The van der Waals surface area contributed by atoms with Crippen molar-refractivity contribution in [2.75, 3.05) is 0 Å². The number of rotatable bonds is 2. The third-order valence-electron chi connectivity index (χ3n) is 2.14. The highest BCUT2D eigenvalue weighted by Gasteiger charge is 2.11. The van der Waals surface area contributed by atoms with Crippen LogP contribution in [0.25, 0.3) is 11.0 Å². The van der Waals surface area contributed by atoms with Crippen LogP contribution in [-0.4, -0.2) is 15.6 Å². The zero-order valence-corrected chi connectivity index (χ0v) is 10.4. The molecule has 0 saturated heterocycles. The Morgan fingerprint density at radius 1 is 1.38 bits per heavy atom. The van der Waals surface area contributed by atoms with E-state index in [1.807, 2.05) is 39.0 Å². The van der Waals surface area contributed by atoms with E-state index in [4.69, 9.17) is 16.3 Å². The molecular formula is C12H15ClN2O. The second-order valence-corrected chi connectivity index (χ2v) is 5.18. The molecule has 0 fully saturated rings. The summed E-state index contributed by atoms with van der Waals surface area (Å²) in [4.78, 5) is 7.61. The Morgan fingerprint density at radius 3 is 2.81 bits per heavy atom. The number of fused-ring (bicyclic) bond motifs is 1. The van der Waals surface area contributed by atoms with E-state index in [1.165, 1.54) is 0 Å². The van der Waals surface area contributed by atoms with Gasteiger partial charge in [-0.15, -0.1) is 0 Å². The molecule has 0 spiro atoms. The van der Waals surface area contributed by atoms with E-state index in [2.05, 4.69) is 9.97 Å². The number of H-pyrrole nitrogens is 1. The second kappa shape index (κ2) is 4.07. The van der Waals surface area contributed by atoms with Gasteiger partial charge >= 0.3 is 0 Å². The minimum Gasteiger partial charge on any atom is -0.368 e. The molecule has 0 unspecified atom stereocenters. The minimum atomic E-state index is -0.156. The van der Waals surface area contributed by atoms with Crippen molar-refractivity contribution in [2.24, 2.45) is 0 Å². The first-order valence-corrected chi connectivity index (χ1v) is 5.60. The van der Waals surface area contributed by atoms with Crippen molar-refractivity contribution in [3.05, 3.63) is 29.0 Å². The monoisotopic (exact) mass is 238 g/mol. The molecule has 0 atom stereocenters. The molecular weight excluding hydrogens is 224 g/mol. The molecule has 3 nitrogen and oxygen atoms in total. The number of nitrogens with one attached hydrogen (secondary N) is 1. The van der Waals surface area contributed by atoms with E-state index in [0.29, 0.717) is 11.6 Å². The van der Waals surface area contributed by atoms with Crippen LogP contribution in [0.5, 0.6) is 0 Å². The Morgan fingerprint density at radius 2 is 2.12 bits per heavy atom. The number of benzene rings is 1. The molecule has 2 rings (SSSR count). The van der Waals surface area contributed by atoms with Crippen molar-refractivity contribution < 1.29 is 4.74 Å². The maximum absolute atomic E-state index is 5.89. The number of hydrogen-bond donors (Lipinski definition) is 1. The van der Waals surface area contributed by atoms with Gasteiger partial charge in [-0.1, -0.05) is 11.6 Å². The Balaban J connectivity index is 2.20. The summed E-state index contributed by atoms with van der Waals surface area (Å²) in [6, 6.07) is 5.61. The summed E-state index contributed by atoms with van der Waals surface area (Å²) in [7, 11) is 0. The van der Waals surface area contributed by atoms with Crippen molar-refractivity contribution in [3.8, 4) is 0 Å². The molecule has 0 aliphatic carbocycles. The molecule has 0 amide bonds. The lowest BCUT2D eigenvalue weighted by Crippen LogP contribution is -2.19. The van der Waals surface area contributed by atoms with Gasteiger partial charge in [0.25, 0.3) is 0 Å². The number of aromatic nitrogens is 2. The van der Waals surface area contributed by atoms with Crippen molar-refractivity contribution in [1.29, 1.82) is 0 Å². The predicted molar refractivity (Wildman–Crippen MR) is 65.6 cm³/mol. The predicted octanol–water partition coefficient (Wildman–Crippen LogP) is 3.53. The van der Waals surface area contributed by atoms with Crippen LogP contribution in [0.3, 0.4) is 0 Å². The lowest BCUT2D eigenvalue weighted by Gasteiger charge is -2.18. The summed E-state index contributed by atoms with van der Waals surface area (Å²) in [6.07, 6.45) is 0. The summed E-state index contributed by atoms with van der Waals surface area (Å²) in [5.74, 6) is 0.826. The van der Waals surface area contributed by atoms with Gasteiger partial charge in [-0.3, -0.25) is 0 Å². The largest absolute Gasteiger partial charge is 0.368 e. The average molecular weight is 239 g/mol. The highest BCUT2D eigenvalue weighted by atomic mass is 35.5. The lowest BCUT2D eigenvalue weighted by atomic mass is 10.2. The summed E-state index contributed by atoms with van der Waals surface area (Å²) in [6.45, 7) is 6.54. The topological polar surface area (TPSA) is 37.9 Å². The number of ether oxygens (including phenoxy) is 1. The third-order valence-corrected chi connectivity index (χ3v) is 2.37. The first-order chi connectivity index (χ1) is 7.44. The number of aromatic amines is 1. The van der Waals surface area contributed by atoms with E-state index in [0.717, 1.165) is 16.9 Å². The van der Waals surface area contributed by atoms with E-state index < -0.39 is 0 Å². The smallest absolute Gasteiger partial charge is 0.133 e. The fourth-order valence-electron chi connectivity index (χ4n) is 1.39. The first kappa shape index (κ1) is 11.4. The molecule has 1 heterocycles. The average Bonchev–Trinajstić information content (AvgIpc) is 2.55. The van der Waals surface area contributed by atoms with E-state index in [9.17, 15) is 0 Å². The molecule has 0 radical (unpaired) electrons. The zero-order chi connectivity index (χ0) is 11.8. The van der Waals surface area contributed by atoms with Crippen LogP contribution in [0.1, 0.15) is 26.6 Å². The molecule has 0 bridgehead atoms. The van der Waals surface area contributed by atoms with E-state index in [1.54, 1.807) is 0 Å². The number of nitrogens with zero attached hydrogens (tertiary/aromatic N) is 1. The van der Waals surface area contributed by atoms with Crippen LogP contribution in [-0.2, 0) is 11.3 Å². The molecule has 1 aromatic heterocycles. The van der Waals surface area contributed by atoms with Crippen LogP contribution in [0.4, 0.5) is 0 Å². The summed E-state index contributed by atoms with van der Waals surface area (Å²) in [5.41, 5.74) is 1.70. The zero-order valence-electron chi connectivity index (χ0n) is 9.67. The van der Waals surface area contributed by atoms with Crippen molar-refractivity contribution in [3.63, 3.8) is 0 Å². The molecule has 86 valence electrons. The van der Waals surface area contributed by atoms with Crippen LogP contribution in [0, 0.1) is 0 Å². The fourth-order valence-corrected chi connectivity index (χ4v) is 1.55. The van der Waals surface area contributed by atoms with Gasteiger partial charge in [0.15, 0.2) is 0 Å². The second-order valence-electron chi connectivity index (χ2n) is 4.75. The molecule has 0 aliphatic heterocycles. The van der Waals surface area contributed by atoms with E-state index >= 15 is 0 Å². The number of halogens is 1. The maximum atomic E-state index is 5.89. The molecule has 1 aromatic carbocycles. The summed E-state index contributed by atoms with van der Waals surface area (Å²) >= 11 is 5.89. The van der Waals surface area contributed by atoms with Crippen molar-refractivity contribution >= 4 is 22.6 Å². The Bertz CT molecular complexity index is 499. The lowest BCUT2D eigenvalue weighted by molar-refractivity contribution is -0.0177. The summed E-state index contributed by atoms with van der Waals surface area (Å²) < 4.78 is 5.65. The fraction of sp³-hybridized carbons (Fsp3) is 0.417. The molecule has 16 heavy (non-hydrogen) atoms. The molecule has 0 saturated carbocycles. The highest BCUT2D eigenvalue weighted by molar-refractivity contribution is 6.31. The normalized spacial score (nSPS) is 12.2. The SMILES string of the molecule is CC(C)(C)OCc1nc2cc(Cl)ccc2[nH]1. The van der Waals surface area contributed by atoms with Crippen LogP contribution >= 0.6 is 11.6 Å². The van der Waals surface area contributed by atoms with Gasteiger partial charge in [0.2, 0.25) is 0 Å². The van der Waals surface area contributed by atoms with Gasteiger partial charge in [-0.25, -0.2) is 4.98 Å². The van der Waals surface area contributed by atoms with Gasteiger partial charge in [-0.2, -0.15) is 0 Å². The number of hydrogen-bond acceptors (Lipinski definition) is 2. The van der Waals surface area contributed by atoms with Crippen LogP contribution in [0.2, 0.25) is 5.02 Å². The van der Waals surface area contributed by atoms with Gasteiger partial charge in [0.1, 0.15) is 12.4 Å². The molecule has 1 N–H and O–H groups in total. The Hall–Kier alpha value is -1.06. The van der Waals surface area contributed by atoms with Crippen LogP contribution in [0.15, 0.2) is 18.2 Å². The summed E-state index contributed by atoms with van der Waals surface area (Å²) in [5, 5.41) is 0.697.